The molecule has 1 saturated heterocycles. The second kappa shape index (κ2) is 7.89. The van der Waals surface area contributed by atoms with Crippen LogP contribution in [-0.4, -0.2) is 30.7 Å². The smallest absolute Gasteiger partial charge is 0.409 e. The van der Waals surface area contributed by atoms with Gasteiger partial charge in [0.15, 0.2) is 0 Å². The zero-order valence-corrected chi connectivity index (χ0v) is 17.1. The highest BCUT2D eigenvalue weighted by molar-refractivity contribution is 9.15. The Balaban J connectivity index is 1.68. The van der Waals surface area contributed by atoms with E-state index in [1.54, 1.807) is 0 Å². The first-order chi connectivity index (χ1) is 13.2. The van der Waals surface area contributed by atoms with Crippen molar-refractivity contribution in [2.45, 2.75) is 25.7 Å². The monoisotopic (exact) mass is 425 g/mol. The molecule has 4 heteroatoms. The molecule has 0 saturated carbocycles. The summed E-state index contributed by atoms with van der Waals surface area (Å²) < 4.78 is 6.32. The summed E-state index contributed by atoms with van der Waals surface area (Å²) in [6, 6.07) is 17.4. The molecule has 1 heterocycles. The predicted octanol–water partition coefficient (Wildman–Crippen LogP) is 5.89. The van der Waals surface area contributed by atoms with Crippen molar-refractivity contribution in [2.24, 2.45) is 5.92 Å². The molecule has 1 unspecified atom stereocenters. The van der Waals surface area contributed by atoms with Gasteiger partial charge in [-0.1, -0.05) is 64.5 Å². The molecular weight excluding hydrogens is 402 g/mol. The van der Waals surface area contributed by atoms with E-state index in [1.807, 2.05) is 11.8 Å². The number of rotatable bonds is 2. The maximum absolute atomic E-state index is 12.1. The van der Waals surface area contributed by atoms with Crippen LogP contribution >= 0.6 is 15.9 Å². The van der Waals surface area contributed by atoms with Gasteiger partial charge < -0.3 is 9.64 Å². The van der Waals surface area contributed by atoms with Crippen LogP contribution in [0.5, 0.6) is 0 Å². The minimum absolute atomic E-state index is 0.179. The van der Waals surface area contributed by atoms with Crippen molar-refractivity contribution in [3.8, 4) is 0 Å². The number of carbonyl (C=O) groups excluding carboxylic acids is 1. The van der Waals surface area contributed by atoms with Crippen molar-refractivity contribution < 1.29 is 9.53 Å². The summed E-state index contributed by atoms with van der Waals surface area (Å²) in [5.41, 5.74) is 5.30. The lowest BCUT2D eigenvalue weighted by Gasteiger charge is -2.36. The Morgan fingerprint density at radius 2 is 1.74 bits per heavy atom. The molecule has 4 rings (SSSR count). The summed E-state index contributed by atoms with van der Waals surface area (Å²) in [6.45, 7) is 3.81. The molecule has 1 atom stereocenters. The van der Waals surface area contributed by atoms with Crippen LogP contribution in [0.4, 0.5) is 4.79 Å². The SMILES string of the molecule is CCOC(=O)N1CCC(C2c3ccccc3C=C(Br)c3ccccc32)CC1. The van der Waals surface area contributed by atoms with Crippen molar-refractivity contribution in [3.05, 3.63) is 70.8 Å². The van der Waals surface area contributed by atoms with Crippen LogP contribution in [-0.2, 0) is 4.74 Å². The van der Waals surface area contributed by atoms with E-state index in [2.05, 4.69) is 70.5 Å². The van der Waals surface area contributed by atoms with Gasteiger partial charge in [-0.2, -0.15) is 0 Å². The number of carbonyl (C=O) groups is 1. The number of fused-ring (bicyclic) bond motifs is 2. The lowest BCUT2D eigenvalue weighted by atomic mass is 9.74. The Hall–Kier alpha value is -2.07. The molecule has 2 aromatic carbocycles. The standard InChI is InChI=1S/C23H24BrNO2/c1-2-27-23(26)25-13-11-16(12-14-25)22-18-8-4-3-7-17(18)15-21(24)19-9-5-6-10-20(19)22/h3-10,15-16,22H,2,11-14H2,1H3. The molecule has 27 heavy (non-hydrogen) atoms. The van der Waals surface area contributed by atoms with Crippen LogP contribution in [0.1, 0.15) is 47.9 Å². The summed E-state index contributed by atoms with van der Waals surface area (Å²) in [6.07, 6.45) is 4.04. The van der Waals surface area contributed by atoms with Gasteiger partial charge >= 0.3 is 6.09 Å². The highest BCUT2D eigenvalue weighted by Crippen LogP contribution is 2.46. The molecular formula is C23H24BrNO2. The van der Waals surface area contributed by atoms with Crippen molar-refractivity contribution in [1.82, 2.24) is 4.90 Å². The highest BCUT2D eigenvalue weighted by Gasteiger charge is 2.34. The molecule has 2 aromatic rings. The van der Waals surface area contributed by atoms with Crippen molar-refractivity contribution in [2.75, 3.05) is 19.7 Å². The largest absolute Gasteiger partial charge is 0.450 e. The van der Waals surface area contributed by atoms with Gasteiger partial charge in [0.2, 0.25) is 0 Å². The number of halogens is 1. The minimum Gasteiger partial charge on any atom is -0.450 e. The Morgan fingerprint density at radius 3 is 2.48 bits per heavy atom. The number of likely N-dealkylation sites (tertiary alicyclic amines) is 1. The average Bonchev–Trinajstić information content (AvgIpc) is 2.82. The van der Waals surface area contributed by atoms with Gasteiger partial charge in [-0.05, 0) is 54.0 Å². The number of benzene rings is 2. The zero-order valence-electron chi connectivity index (χ0n) is 15.5. The van der Waals surface area contributed by atoms with E-state index in [1.165, 1.54) is 22.3 Å². The van der Waals surface area contributed by atoms with Crippen LogP contribution in [0.3, 0.4) is 0 Å². The fourth-order valence-corrected chi connectivity index (χ4v) is 5.04. The number of amides is 1. The van der Waals surface area contributed by atoms with E-state index < -0.39 is 0 Å². The Kier molecular flexibility index (Phi) is 5.35. The molecule has 3 nitrogen and oxygen atoms in total. The molecule has 1 aliphatic heterocycles. The predicted molar refractivity (Wildman–Crippen MR) is 113 cm³/mol. The third-order valence-electron chi connectivity index (χ3n) is 5.70. The Bertz CT molecular complexity index is 868. The summed E-state index contributed by atoms with van der Waals surface area (Å²) in [7, 11) is 0. The van der Waals surface area contributed by atoms with Crippen LogP contribution in [0.25, 0.3) is 10.6 Å². The summed E-state index contributed by atoms with van der Waals surface area (Å²) in [4.78, 5) is 13.9. The molecule has 2 aliphatic rings. The summed E-state index contributed by atoms with van der Waals surface area (Å²) in [5.74, 6) is 0.845. The lowest BCUT2D eigenvalue weighted by molar-refractivity contribution is 0.0901. The van der Waals surface area contributed by atoms with E-state index in [0.29, 0.717) is 18.4 Å². The Morgan fingerprint density at radius 1 is 1.07 bits per heavy atom. The topological polar surface area (TPSA) is 29.5 Å². The minimum atomic E-state index is -0.179. The number of nitrogens with zero attached hydrogens (tertiary/aromatic N) is 1. The first kappa shape index (κ1) is 18.3. The molecule has 140 valence electrons. The van der Waals surface area contributed by atoms with Crippen molar-refractivity contribution >= 4 is 32.6 Å². The van der Waals surface area contributed by atoms with Crippen LogP contribution in [0, 0.1) is 5.92 Å². The quantitative estimate of drug-likeness (QED) is 0.599. The van der Waals surface area contributed by atoms with Crippen molar-refractivity contribution in [1.29, 1.82) is 0 Å². The van der Waals surface area contributed by atoms with E-state index in [4.69, 9.17) is 4.74 Å². The van der Waals surface area contributed by atoms with Crippen LogP contribution in [0.2, 0.25) is 0 Å². The highest BCUT2D eigenvalue weighted by atomic mass is 79.9. The van der Waals surface area contributed by atoms with Gasteiger partial charge in [0, 0.05) is 23.5 Å². The van der Waals surface area contributed by atoms with Crippen LogP contribution < -0.4 is 0 Å². The van der Waals surface area contributed by atoms with Gasteiger partial charge in [-0.25, -0.2) is 4.79 Å². The second-order valence-corrected chi connectivity index (χ2v) is 8.06. The van der Waals surface area contributed by atoms with Gasteiger partial charge in [0.1, 0.15) is 0 Å². The summed E-state index contributed by atoms with van der Waals surface area (Å²) >= 11 is 3.80. The molecule has 0 N–H and O–H groups in total. The van der Waals surface area contributed by atoms with Gasteiger partial charge in [-0.15, -0.1) is 0 Å². The first-order valence-corrected chi connectivity index (χ1v) is 10.5. The maximum atomic E-state index is 12.1. The third kappa shape index (κ3) is 3.55. The zero-order chi connectivity index (χ0) is 18.8. The number of ether oxygens (including phenoxy) is 1. The van der Waals surface area contributed by atoms with Gasteiger partial charge in [-0.3, -0.25) is 0 Å². The van der Waals surface area contributed by atoms with Crippen molar-refractivity contribution in [3.63, 3.8) is 0 Å². The first-order valence-electron chi connectivity index (χ1n) is 9.66. The number of piperidine rings is 1. The van der Waals surface area contributed by atoms with E-state index in [-0.39, 0.29) is 6.09 Å². The molecule has 1 amide bonds. The molecule has 0 bridgehead atoms. The number of hydrogen-bond donors (Lipinski definition) is 0. The molecule has 0 radical (unpaired) electrons. The van der Waals surface area contributed by atoms with E-state index in [0.717, 1.165) is 30.4 Å². The second-order valence-electron chi connectivity index (χ2n) is 7.21. The fraction of sp³-hybridized carbons (Fsp3) is 0.348. The van der Waals surface area contributed by atoms with Gasteiger partial charge in [0.25, 0.3) is 0 Å². The van der Waals surface area contributed by atoms with Gasteiger partial charge in [0.05, 0.1) is 6.61 Å². The third-order valence-corrected chi connectivity index (χ3v) is 6.36. The normalized spacial score (nSPS) is 19.6. The summed E-state index contributed by atoms with van der Waals surface area (Å²) in [5, 5.41) is 0. The Labute approximate surface area is 169 Å². The molecule has 0 spiro atoms. The molecule has 1 aliphatic carbocycles. The maximum Gasteiger partial charge on any atom is 0.409 e. The lowest BCUT2D eigenvalue weighted by Crippen LogP contribution is -2.40. The average molecular weight is 426 g/mol. The molecule has 1 fully saturated rings. The number of hydrogen-bond acceptors (Lipinski definition) is 2. The molecule has 0 aromatic heterocycles. The van der Waals surface area contributed by atoms with E-state index >= 15 is 0 Å². The van der Waals surface area contributed by atoms with Crippen LogP contribution in [0.15, 0.2) is 48.5 Å². The van der Waals surface area contributed by atoms with E-state index in [9.17, 15) is 4.79 Å². The fourth-order valence-electron chi connectivity index (χ4n) is 4.43.